The molecule has 106 heavy (non-hydrogen) atoms. The molecule has 22 aromatic carbocycles. The maximum Gasteiger partial charge on any atom is -0.00262 e. The minimum Gasteiger partial charge on any atom is -0.0616 e. The van der Waals surface area contributed by atoms with E-state index in [-0.39, 0.29) is 0 Å². The number of hydrogen-bond acceptors (Lipinski definition) is 0. The molecule has 0 radical (unpaired) electrons. The molecule has 0 saturated carbocycles. The zero-order valence-corrected chi connectivity index (χ0v) is 58.1. The van der Waals surface area contributed by atoms with Crippen molar-refractivity contribution in [2.45, 2.75) is 0 Å². The summed E-state index contributed by atoms with van der Waals surface area (Å²) in [6, 6.07) is 148. The van der Waals surface area contributed by atoms with E-state index in [1.807, 2.05) is 0 Å². The third-order valence-corrected chi connectivity index (χ3v) is 22.6. The predicted octanol–water partition coefficient (Wildman–Crippen LogP) is 30.0. The molecule has 0 spiro atoms. The van der Waals surface area contributed by atoms with Crippen molar-refractivity contribution in [1.29, 1.82) is 0 Å². The molecule has 0 N–H and O–H groups in total. The van der Waals surface area contributed by atoms with Crippen molar-refractivity contribution in [2.75, 3.05) is 0 Å². The summed E-state index contributed by atoms with van der Waals surface area (Å²) in [5.74, 6) is 0. The first-order valence-corrected chi connectivity index (χ1v) is 36.8. The molecule has 0 heterocycles. The van der Waals surface area contributed by atoms with Crippen LogP contribution < -0.4 is 0 Å². The summed E-state index contributed by atoms with van der Waals surface area (Å²) in [5, 5.41) is 33.1. The van der Waals surface area contributed by atoms with Crippen molar-refractivity contribution in [3.8, 4) is 77.9 Å². The van der Waals surface area contributed by atoms with Crippen LogP contribution in [0.5, 0.6) is 0 Å². The Labute approximate surface area is 614 Å². The molecule has 0 amide bonds. The Morgan fingerprint density at radius 2 is 0.321 bits per heavy atom. The van der Waals surface area contributed by atoms with Gasteiger partial charge in [-0.3, -0.25) is 0 Å². The lowest BCUT2D eigenvalue weighted by atomic mass is 9.85. The Balaban J connectivity index is 0.000000136. The molecule has 22 rings (SSSR count). The largest absolute Gasteiger partial charge is 0.0616 e. The number of fused-ring (bicyclic) bond motifs is 17. The molecule has 0 atom stereocenters. The number of rotatable bonds is 7. The first-order chi connectivity index (χ1) is 52.5. The Morgan fingerprint density at radius 3 is 0.717 bits per heavy atom. The molecule has 0 aromatic heterocycles. The van der Waals surface area contributed by atoms with Crippen LogP contribution in [0.1, 0.15) is 0 Å². The van der Waals surface area contributed by atoms with Crippen molar-refractivity contribution in [1.82, 2.24) is 0 Å². The lowest BCUT2D eigenvalue weighted by Gasteiger charge is -2.18. The molecule has 0 bridgehead atoms. The monoisotopic (exact) mass is 1340 g/mol. The lowest BCUT2D eigenvalue weighted by molar-refractivity contribution is 1.62. The molecule has 490 valence electrons. The molecule has 0 saturated heterocycles. The van der Waals surface area contributed by atoms with E-state index in [4.69, 9.17) is 0 Å². The van der Waals surface area contributed by atoms with Crippen molar-refractivity contribution in [3.63, 3.8) is 0 Å². The molecule has 0 heteroatoms. The second-order valence-electron chi connectivity index (χ2n) is 28.5. The average molecular weight is 1340 g/mol. The summed E-state index contributed by atoms with van der Waals surface area (Å²) < 4.78 is 0. The quantitative estimate of drug-likeness (QED) is 0.110. The highest BCUT2D eigenvalue weighted by atomic mass is 14.2. The van der Waals surface area contributed by atoms with Crippen molar-refractivity contribution < 1.29 is 0 Å². The second-order valence-corrected chi connectivity index (χ2v) is 28.5. The molecule has 0 nitrogen and oxygen atoms in total. The highest BCUT2D eigenvalue weighted by molar-refractivity contribution is 6.27. The van der Waals surface area contributed by atoms with Crippen LogP contribution in [0.15, 0.2) is 400 Å². The third kappa shape index (κ3) is 10.2. The van der Waals surface area contributed by atoms with Gasteiger partial charge in [-0.05, 0) is 266 Å². The molecule has 0 aliphatic heterocycles. The maximum absolute atomic E-state index is 2.40. The van der Waals surface area contributed by atoms with Gasteiger partial charge in [0.25, 0.3) is 0 Å². The average Bonchev–Trinajstić information content (AvgIpc) is 0.745. The van der Waals surface area contributed by atoms with Gasteiger partial charge in [0, 0.05) is 0 Å². The van der Waals surface area contributed by atoms with Crippen molar-refractivity contribution in [3.05, 3.63) is 400 Å². The van der Waals surface area contributed by atoms with E-state index < -0.39 is 0 Å². The summed E-state index contributed by atoms with van der Waals surface area (Å²) >= 11 is 0. The molecule has 0 fully saturated rings. The van der Waals surface area contributed by atoms with Crippen LogP contribution in [0.4, 0.5) is 0 Å². The van der Waals surface area contributed by atoms with Gasteiger partial charge in [-0.25, -0.2) is 0 Å². The highest BCUT2D eigenvalue weighted by Crippen LogP contribution is 2.48. The second kappa shape index (κ2) is 25.0. The summed E-state index contributed by atoms with van der Waals surface area (Å²) in [6.07, 6.45) is 0. The lowest BCUT2D eigenvalue weighted by Crippen LogP contribution is -1.91. The van der Waals surface area contributed by atoms with E-state index in [1.165, 1.54) is 218 Å². The van der Waals surface area contributed by atoms with Gasteiger partial charge in [0.05, 0.1) is 0 Å². The minimum atomic E-state index is 1.21. The molecule has 0 unspecified atom stereocenters. The molecule has 22 aromatic rings. The predicted molar refractivity (Wildman–Crippen MR) is 459 cm³/mol. The SMILES string of the molecule is c1ccc2cc(-c3c4ccccc4c(-c4ccc5ccc(-c6ccc(-c7cc8ccccc8c8ccccc78)cc6)cc5c4)c4ccccc34)ccc2c1.c1ccc2cc(-c3c4ccccc4c(-c4ccc5ccc(-c6ccc7c8ccccc8c8ccccc8c7c6)cc5c4)c4ccccc34)ccc2c1. The van der Waals surface area contributed by atoms with Crippen LogP contribution in [-0.4, -0.2) is 0 Å². The summed E-state index contributed by atoms with van der Waals surface area (Å²) in [7, 11) is 0. The van der Waals surface area contributed by atoms with Gasteiger partial charge < -0.3 is 0 Å². The van der Waals surface area contributed by atoms with Gasteiger partial charge in [0.1, 0.15) is 0 Å². The molecule has 0 aliphatic rings. The van der Waals surface area contributed by atoms with Crippen LogP contribution >= 0.6 is 0 Å². The van der Waals surface area contributed by atoms with Gasteiger partial charge in [-0.1, -0.05) is 352 Å². The van der Waals surface area contributed by atoms with E-state index in [1.54, 1.807) is 0 Å². The van der Waals surface area contributed by atoms with E-state index >= 15 is 0 Å². The summed E-state index contributed by atoms with van der Waals surface area (Å²) in [4.78, 5) is 0. The Kier molecular flexibility index (Phi) is 14.4. The fourth-order valence-electron chi connectivity index (χ4n) is 17.6. The standard InChI is InChI=1S/C54H34.C52H32/c1-2-12-39-31-42(29-24-35(39)11-1)53-48-17-7-9-19-50(48)54(51-20-10-8-18-49(51)53)43-30-25-37-23-28-40(32-44(37)33-43)36-21-26-38(27-22-36)52-34-41-13-3-4-14-45(41)46-15-5-6-16-47(46)52;1-2-12-35-29-38(25-22-33(35)11-1)51-46-17-7-9-19-48(46)52(49-20-10-8-18-47(49)51)39-26-23-34-21-24-36(30-40(34)31-39)37-27-28-45-43-15-4-3-13-41(43)42-14-5-6-16-44(42)50(45)32-37/h1-34H;1-32H. The third-order valence-electron chi connectivity index (χ3n) is 22.6. The van der Waals surface area contributed by atoms with E-state index in [2.05, 4.69) is 400 Å². The fourth-order valence-corrected chi connectivity index (χ4v) is 17.6. The van der Waals surface area contributed by atoms with Gasteiger partial charge in [-0.15, -0.1) is 0 Å². The molecular weight excluding hydrogens is 1270 g/mol. The van der Waals surface area contributed by atoms with E-state index in [0.717, 1.165) is 0 Å². The van der Waals surface area contributed by atoms with Crippen LogP contribution in [0.3, 0.4) is 0 Å². The Morgan fingerprint density at radius 1 is 0.0943 bits per heavy atom. The zero-order valence-electron chi connectivity index (χ0n) is 58.1. The first-order valence-electron chi connectivity index (χ1n) is 36.8. The zero-order chi connectivity index (χ0) is 69.8. The number of benzene rings is 22. The first kappa shape index (κ1) is 60.9. The fraction of sp³-hybridized carbons (Fsp3) is 0. The van der Waals surface area contributed by atoms with Crippen LogP contribution in [0, 0.1) is 0 Å². The van der Waals surface area contributed by atoms with Crippen LogP contribution in [0.2, 0.25) is 0 Å². The van der Waals surface area contributed by atoms with Crippen LogP contribution in [-0.2, 0) is 0 Å². The topological polar surface area (TPSA) is 0 Å². The molecule has 0 aliphatic carbocycles. The Hall–Kier alpha value is -13.8. The molecular formula is C106H66. The highest BCUT2D eigenvalue weighted by Gasteiger charge is 2.21. The number of hydrogen-bond donors (Lipinski definition) is 0. The minimum absolute atomic E-state index is 1.21. The van der Waals surface area contributed by atoms with Gasteiger partial charge in [-0.2, -0.15) is 0 Å². The van der Waals surface area contributed by atoms with Crippen molar-refractivity contribution >= 4 is 140 Å². The Bertz CT molecular complexity index is 7230. The summed E-state index contributed by atoms with van der Waals surface area (Å²) in [5.41, 5.74) is 17.5. The van der Waals surface area contributed by atoms with E-state index in [0.29, 0.717) is 0 Å². The normalized spacial score (nSPS) is 11.8. The van der Waals surface area contributed by atoms with Gasteiger partial charge in [0.15, 0.2) is 0 Å². The summed E-state index contributed by atoms with van der Waals surface area (Å²) in [6.45, 7) is 0. The van der Waals surface area contributed by atoms with Crippen LogP contribution in [0.25, 0.3) is 218 Å². The van der Waals surface area contributed by atoms with Gasteiger partial charge in [0.2, 0.25) is 0 Å². The van der Waals surface area contributed by atoms with Gasteiger partial charge >= 0.3 is 0 Å². The van der Waals surface area contributed by atoms with Crippen molar-refractivity contribution in [2.24, 2.45) is 0 Å². The maximum atomic E-state index is 2.40. The van der Waals surface area contributed by atoms with E-state index in [9.17, 15) is 0 Å². The smallest absolute Gasteiger partial charge is 0.00262 e.